The fourth-order valence-electron chi connectivity index (χ4n) is 2.86. The summed E-state index contributed by atoms with van der Waals surface area (Å²) in [5.74, 6) is -1.44. The van der Waals surface area contributed by atoms with Crippen molar-refractivity contribution in [2.75, 3.05) is 0 Å². The van der Waals surface area contributed by atoms with Crippen LogP contribution in [0.4, 0.5) is 8.78 Å². The molecule has 0 unspecified atom stereocenters. The van der Waals surface area contributed by atoms with Crippen molar-refractivity contribution in [3.63, 3.8) is 0 Å². The van der Waals surface area contributed by atoms with Crippen molar-refractivity contribution in [1.29, 1.82) is 0 Å². The first-order valence-corrected chi connectivity index (χ1v) is 9.37. The molecule has 0 aliphatic heterocycles. The largest absolute Gasteiger partial charge is 0.488 e. The third kappa shape index (κ3) is 5.88. The Morgan fingerprint density at radius 2 is 1.48 bits per heavy atom. The van der Waals surface area contributed by atoms with E-state index < -0.39 is 17.4 Å². The third-order valence-corrected chi connectivity index (χ3v) is 4.41. The zero-order chi connectivity index (χ0) is 20.6. The van der Waals surface area contributed by atoms with E-state index in [1.807, 2.05) is 42.5 Å². The standard InChI is InChI=1S/C24H22F2O3/c1-17(27)11-12-19-13-21(25)24(22(26)14-19)29-16-20-9-5-6-10-23(20)28-15-18-7-3-2-4-8-18/h2-10,13-14H,11-12,15-16H2,1H3. The van der Waals surface area contributed by atoms with Crippen LogP contribution in [-0.2, 0) is 24.4 Å². The Kier molecular flexibility index (Phi) is 6.95. The SMILES string of the molecule is CC(=O)CCc1cc(F)c(OCc2ccccc2OCc2ccccc2)c(F)c1. The lowest BCUT2D eigenvalue weighted by Crippen LogP contribution is -2.04. The number of benzene rings is 3. The Morgan fingerprint density at radius 1 is 0.828 bits per heavy atom. The average Bonchev–Trinajstić information content (AvgIpc) is 2.71. The molecule has 0 aromatic heterocycles. The number of rotatable bonds is 9. The molecule has 29 heavy (non-hydrogen) atoms. The van der Waals surface area contributed by atoms with Crippen LogP contribution in [0.15, 0.2) is 66.7 Å². The average molecular weight is 396 g/mol. The molecule has 150 valence electrons. The van der Waals surface area contributed by atoms with E-state index in [2.05, 4.69) is 0 Å². The molecule has 5 heteroatoms. The summed E-state index contributed by atoms with van der Waals surface area (Å²) in [4.78, 5) is 11.1. The molecule has 0 saturated heterocycles. The highest BCUT2D eigenvalue weighted by Crippen LogP contribution is 2.27. The summed E-state index contributed by atoms with van der Waals surface area (Å²) in [6.07, 6.45) is 0.533. The molecule has 3 rings (SSSR count). The van der Waals surface area contributed by atoms with Gasteiger partial charge in [0, 0.05) is 12.0 Å². The Hall–Kier alpha value is -3.21. The fraction of sp³-hybridized carbons (Fsp3) is 0.208. The van der Waals surface area contributed by atoms with Crippen LogP contribution in [0.25, 0.3) is 0 Å². The highest BCUT2D eigenvalue weighted by Gasteiger charge is 2.14. The smallest absolute Gasteiger partial charge is 0.191 e. The quantitative estimate of drug-likeness (QED) is 0.469. The molecular formula is C24H22F2O3. The minimum Gasteiger partial charge on any atom is -0.488 e. The van der Waals surface area contributed by atoms with Gasteiger partial charge in [-0.3, -0.25) is 0 Å². The van der Waals surface area contributed by atoms with Gasteiger partial charge in [0.05, 0.1) is 0 Å². The Bertz CT molecular complexity index is 948. The van der Waals surface area contributed by atoms with Gasteiger partial charge < -0.3 is 14.3 Å². The number of para-hydroxylation sites is 1. The lowest BCUT2D eigenvalue weighted by Gasteiger charge is -2.14. The van der Waals surface area contributed by atoms with Crippen LogP contribution >= 0.6 is 0 Å². The zero-order valence-corrected chi connectivity index (χ0v) is 16.2. The van der Waals surface area contributed by atoms with Gasteiger partial charge in [0.15, 0.2) is 17.4 Å². The van der Waals surface area contributed by atoms with Crippen molar-refractivity contribution in [2.45, 2.75) is 33.0 Å². The molecule has 0 aliphatic carbocycles. The summed E-state index contributed by atoms with van der Waals surface area (Å²) in [6.45, 7) is 1.79. The molecule has 0 amide bonds. The Labute approximate surface area is 168 Å². The first-order valence-electron chi connectivity index (χ1n) is 9.37. The lowest BCUT2D eigenvalue weighted by molar-refractivity contribution is -0.116. The van der Waals surface area contributed by atoms with Crippen LogP contribution in [0.2, 0.25) is 0 Å². The first kappa shape index (κ1) is 20.5. The number of hydrogen-bond donors (Lipinski definition) is 0. The van der Waals surface area contributed by atoms with E-state index in [0.717, 1.165) is 5.56 Å². The molecule has 0 radical (unpaired) electrons. The molecule has 0 aliphatic rings. The van der Waals surface area contributed by atoms with Crippen LogP contribution in [0, 0.1) is 11.6 Å². The minimum absolute atomic E-state index is 0.0294. The van der Waals surface area contributed by atoms with Gasteiger partial charge in [-0.25, -0.2) is 8.78 Å². The van der Waals surface area contributed by atoms with Crippen molar-refractivity contribution in [3.8, 4) is 11.5 Å². The summed E-state index contributed by atoms with van der Waals surface area (Å²) in [5, 5.41) is 0. The second kappa shape index (κ2) is 9.82. The number of ether oxygens (including phenoxy) is 2. The maximum Gasteiger partial charge on any atom is 0.191 e. The number of Topliss-reactive ketones (excluding diaryl/α,β-unsaturated/α-hetero) is 1. The van der Waals surface area contributed by atoms with Crippen LogP contribution in [0.1, 0.15) is 30.0 Å². The number of ketones is 1. The Morgan fingerprint density at radius 3 is 2.17 bits per heavy atom. The van der Waals surface area contributed by atoms with Gasteiger partial charge in [-0.05, 0) is 42.7 Å². The highest BCUT2D eigenvalue weighted by atomic mass is 19.1. The molecule has 3 aromatic carbocycles. The summed E-state index contributed by atoms with van der Waals surface area (Å²) in [7, 11) is 0. The normalized spacial score (nSPS) is 10.6. The van der Waals surface area contributed by atoms with Crippen molar-refractivity contribution in [3.05, 3.63) is 95.1 Å². The zero-order valence-electron chi connectivity index (χ0n) is 16.2. The van der Waals surface area contributed by atoms with Crippen molar-refractivity contribution < 1.29 is 23.0 Å². The molecule has 0 fully saturated rings. The summed E-state index contributed by atoms with van der Waals surface area (Å²) in [6, 6.07) is 19.3. The summed E-state index contributed by atoms with van der Waals surface area (Å²) in [5.41, 5.74) is 2.12. The predicted octanol–water partition coefficient (Wildman–Crippen LogP) is 5.64. The molecule has 0 N–H and O–H groups in total. The predicted molar refractivity (Wildman–Crippen MR) is 107 cm³/mol. The molecule has 3 aromatic rings. The molecular weight excluding hydrogens is 374 g/mol. The number of hydrogen-bond acceptors (Lipinski definition) is 3. The van der Waals surface area contributed by atoms with E-state index in [-0.39, 0.29) is 18.8 Å². The van der Waals surface area contributed by atoms with Gasteiger partial charge in [0.25, 0.3) is 0 Å². The molecule has 0 bridgehead atoms. The second-order valence-electron chi connectivity index (χ2n) is 6.76. The van der Waals surface area contributed by atoms with E-state index in [1.54, 1.807) is 12.1 Å². The highest BCUT2D eigenvalue weighted by molar-refractivity contribution is 5.75. The van der Waals surface area contributed by atoms with Gasteiger partial charge in [-0.2, -0.15) is 0 Å². The van der Waals surface area contributed by atoms with Gasteiger partial charge >= 0.3 is 0 Å². The van der Waals surface area contributed by atoms with Gasteiger partial charge in [-0.1, -0.05) is 48.5 Å². The van der Waals surface area contributed by atoms with E-state index >= 15 is 0 Å². The number of carbonyl (C=O) groups is 1. The van der Waals surface area contributed by atoms with Crippen molar-refractivity contribution in [1.82, 2.24) is 0 Å². The van der Waals surface area contributed by atoms with Gasteiger partial charge in [0.2, 0.25) is 0 Å². The van der Waals surface area contributed by atoms with E-state index in [1.165, 1.54) is 19.1 Å². The first-order chi connectivity index (χ1) is 14.0. The molecule has 3 nitrogen and oxygen atoms in total. The van der Waals surface area contributed by atoms with Gasteiger partial charge in [0.1, 0.15) is 24.7 Å². The molecule has 0 saturated carbocycles. The second-order valence-corrected chi connectivity index (χ2v) is 6.76. The van der Waals surface area contributed by atoms with E-state index in [0.29, 0.717) is 29.9 Å². The van der Waals surface area contributed by atoms with Crippen LogP contribution < -0.4 is 9.47 Å². The van der Waals surface area contributed by atoms with E-state index in [4.69, 9.17) is 9.47 Å². The molecule has 0 spiro atoms. The van der Waals surface area contributed by atoms with Crippen molar-refractivity contribution >= 4 is 5.78 Å². The summed E-state index contributed by atoms with van der Waals surface area (Å²) >= 11 is 0. The maximum absolute atomic E-state index is 14.3. The van der Waals surface area contributed by atoms with Gasteiger partial charge in [-0.15, -0.1) is 0 Å². The minimum atomic E-state index is -0.786. The van der Waals surface area contributed by atoms with E-state index in [9.17, 15) is 13.6 Å². The monoisotopic (exact) mass is 396 g/mol. The van der Waals surface area contributed by atoms with Crippen LogP contribution in [0.3, 0.4) is 0 Å². The topological polar surface area (TPSA) is 35.5 Å². The van der Waals surface area contributed by atoms with Crippen LogP contribution in [0.5, 0.6) is 11.5 Å². The fourth-order valence-corrected chi connectivity index (χ4v) is 2.86. The van der Waals surface area contributed by atoms with Crippen molar-refractivity contribution in [2.24, 2.45) is 0 Å². The number of carbonyl (C=O) groups excluding carboxylic acids is 1. The van der Waals surface area contributed by atoms with Crippen LogP contribution in [-0.4, -0.2) is 5.78 Å². The molecule has 0 atom stereocenters. The molecule has 0 heterocycles. The summed E-state index contributed by atoms with van der Waals surface area (Å²) < 4.78 is 39.9. The maximum atomic E-state index is 14.3. The lowest BCUT2D eigenvalue weighted by atomic mass is 10.1. The number of aryl methyl sites for hydroxylation is 1. The Balaban J connectivity index is 1.67. The third-order valence-electron chi connectivity index (χ3n) is 4.41. The number of halogens is 2.